The van der Waals surface area contributed by atoms with Crippen LogP contribution in [-0.4, -0.2) is 40.3 Å². The van der Waals surface area contributed by atoms with E-state index in [0.717, 1.165) is 35.2 Å². The van der Waals surface area contributed by atoms with Gasteiger partial charge < -0.3 is 10.1 Å². The third-order valence-electron chi connectivity index (χ3n) is 4.51. The van der Waals surface area contributed by atoms with Crippen molar-refractivity contribution in [2.75, 3.05) is 30.3 Å². The van der Waals surface area contributed by atoms with Crippen LogP contribution in [0.1, 0.15) is 31.7 Å². The molecule has 1 N–H and O–H groups in total. The van der Waals surface area contributed by atoms with E-state index in [9.17, 15) is 17.6 Å². The summed E-state index contributed by atoms with van der Waals surface area (Å²) in [5, 5.41) is 2.59. The van der Waals surface area contributed by atoms with Gasteiger partial charge in [0.25, 0.3) is 0 Å². The van der Waals surface area contributed by atoms with Crippen LogP contribution in [-0.2, 0) is 21.2 Å². The van der Waals surface area contributed by atoms with E-state index in [4.69, 9.17) is 16.3 Å². The maximum atomic E-state index is 13.4. The SMILES string of the molecule is CCCc1ccc(OCCNC(=O)CCCN(c2ccc(F)c(Cl)c2)S(C)(=O)=O)cc1. The predicted molar refractivity (Wildman–Crippen MR) is 122 cm³/mol. The van der Waals surface area contributed by atoms with Gasteiger partial charge in [-0.1, -0.05) is 37.1 Å². The van der Waals surface area contributed by atoms with Gasteiger partial charge in [-0.2, -0.15) is 0 Å². The van der Waals surface area contributed by atoms with E-state index < -0.39 is 15.8 Å². The number of nitrogens with one attached hydrogen (secondary N) is 1. The van der Waals surface area contributed by atoms with Crippen molar-refractivity contribution in [3.63, 3.8) is 0 Å². The zero-order chi connectivity index (χ0) is 22.9. The van der Waals surface area contributed by atoms with Gasteiger partial charge in [-0.15, -0.1) is 0 Å². The van der Waals surface area contributed by atoms with Gasteiger partial charge in [-0.25, -0.2) is 12.8 Å². The van der Waals surface area contributed by atoms with Crippen molar-refractivity contribution in [3.05, 3.63) is 58.9 Å². The first-order valence-electron chi connectivity index (χ1n) is 10.1. The normalized spacial score (nSPS) is 11.2. The highest BCUT2D eigenvalue weighted by Gasteiger charge is 2.18. The second-order valence-corrected chi connectivity index (χ2v) is 9.44. The molecule has 0 radical (unpaired) electrons. The van der Waals surface area contributed by atoms with Crippen molar-refractivity contribution in [3.8, 4) is 5.75 Å². The Labute approximate surface area is 188 Å². The maximum Gasteiger partial charge on any atom is 0.232 e. The number of rotatable bonds is 12. The van der Waals surface area contributed by atoms with Crippen LogP contribution in [0.4, 0.5) is 10.1 Å². The number of sulfonamides is 1. The third-order valence-corrected chi connectivity index (χ3v) is 6.00. The molecule has 0 heterocycles. The molecule has 0 bridgehead atoms. The van der Waals surface area contributed by atoms with Crippen LogP contribution in [0.2, 0.25) is 5.02 Å². The van der Waals surface area contributed by atoms with Crippen molar-refractivity contribution in [1.82, 2.24) is 5.32 Å². The van der Waals surface area contributed by atoms with Gasteiger partial charge in [-0.05, 0) is 48.7 Å². The van der Waals surface area contributed by atoms with Gasteiger partial charge >= 0.3 is 0 Å². The minimum Gasteiger partial charge on any atom is -0.492 e. The molecule has 1 amide bonds. The number of aryl methyl sites for hydroxylation is 1. The summed E-state index contributed by atoms with van der Waals surface area (Å²) in [6.45, 7) is 2.89. The molecule has 0 aromatic heterocycles. The van der Waals surface area contributed by atoms with E-state index >= 15 is 0 Å². The van der Waals surface area contributed by atoms with Crippen molar-refractivity contribution in [2.24, 2.45) is 0 Å². The molecule has 0 aliphatic carbocycles. The highest BCUT2D eigenvalue weighted by molar-refractivity contribution is 7.92. The van der Waals surface area contributed by atoms with Gasteiger partial charge in [0.1, 0.15) is 18.2 Å². The number of ether oxygens (including phenoxy) is 1. The Balaban J connectivity index is 1.74. The first-order chi connectivity index (χ1) is 14.7. The monoisotopic (exact) mass is 470 g/mol. The largest absolute Gasteiger partial charge is 0.492 e. The predicted octanol–water partition coefficient (Wildman–Crippen LogP) is 4.17. The molecule has 6 nitrogen and oxygen atoms in total. The number of benzene rings is 2. The van der Waals surface area contributed by atoms with E-state index in [1.54, 1.807) is 0 Å². The fourth-order valence-electron chi connectivity index (χ4n) is 3.00. The highest BCUT2D eigenvalue weighted by Crippen LogP contribution is 2.24. The topological polar surface area (TPSA) is 75.7 Å². The Morgan fingerprint density at radius 1 is 1.19 bits per heavy atom. The zero-order valence-electron chi connectivity index (χ0n) is 17.7. The van der Waals surface area contributed by atoms with Gasteiger partial charge in [0.15, 0.2) is 0 Å². The molecule has 2 aromatic carbocycles. The fraction of sp³-hybridized carbons (Fsp3) is 0.409. The fourth-order valence-corrected chi connectivity index (χ4v) is 4.13. The maximum absolute atomic E-state index is 13.4. The Kier molecular flexibility index (Phi) is 9.58. The number of nitrogens with zero attached hydrogens (tertiary/aromatic N) is 1. The molecule has 170 valence electrons. The molecule has 0 aliphatic heterocycles. The number of halogens is 2. The molecule has 2 rings (SSSR count). The average molecular weight is 471 g/mol. The summed E-state index contributed by atoms with van der Waals surface area (Å²) in [5.41, 5.74) is 1.52. The lowest BCUT2D eigenvalue weighted by atomic mass is 10.1. The standard InChI is InChI=1S/C22H28ClFN2O4S/c1-3-5-17-7-10-19(11-8-17)30-15-13-25-22(27)6-4-14-26(31(2,28)29)18-9-12-21(24)20(23)16-18/h7-12,16H,3-6,13-15H2,1-2H3,(H,25,27). The summed E-state index contributed by atoms with van der Waals surface area (Å²) < 4.78 is 44.2. The molecule has 9 heteroatoms. The minimum absolute atomic E-state index is 0.0782. The quantitative estimate of drug-likeness (QED) is 0.472. The van der Waals surface area contributed by atoms with E-state index in [-0.39, 0.29) is 29.6 Å². The first-order valence-corrected chi connectivity index (χ1v) is 12.3. The van der Waals surface area contributed by atoms with E-state index in [1.165, 1.54) is 17.7 Å². The Morgan fingerprint density at radius 2 is 1.90 bits per heavy atom. The lowest BCUT2D eigenvalue weighted by molar-refractivity contribution is -0.121. The number of carbonyl (C=O) groups excluding carboxylic acids is 1. The van der Waals surface area contributed by atoms with Gasteiger partial charge in [0.2, 0.25) is 15.9 Å². The molecule has 31 heavy (non-hydrogen) atoms. The highest BCUT2D eigenvalue weighted by atomic mass is 35.5. The van der Waals surface area contributed by atoms with Crippen molar-refractivity contribution < 1.29 is 22.3 Å². The molecule has 2 aromatic rings. The molecule has 0 aliphatic rings. The summed E-state index contributed by atoms with van der Waals surface area (Å²) in [6, 6.07) is 11.6. The molecular formula is C22H28ClFN2O4S. The Morgan fingerprint density at radius 3 is 2.52 bits per heavy atom. The van der Waals surface area contributed by atoms with Gasteiger partial charge in [0.05, 0.1) is 23.5 Å². The molecule has 0 unspecified atom stereocenters. The molecular weight excluding hydrogens is 443 g/mol. The lowest BCUT2D eigenvalue weighted by Gasteiger charge is -2.22. The molecule has 0 saturated heterocycles. The van der Waals surface area contributed by atoms with Crippen molar-refractivity contribution in [1.29, 1.82) is 0 Å². The smallest absolute Gasteiger partial charge is 0.232 e. The van der Waals surface area contributed by atoms with E-state index in [1.807, 2.05) is 24.3 Å². The van der Waals surface area contributed by atoms with Gasteiger partial charge in [-0.3, -0.25) is 9.10 Å². The van der Waals surface area contributed by atoms with Crippen molar-refractivity contribution >= 4 is 33.2 Å². The number of hydrogen-bond donors (Lipinski definition) is 1. The Hall–Kier alpha value is -2.32. The van der Waals surface area contributed by atoms with E-state index in [0.29, 0.717) is 19.6 Å². The second-order valence-electron chi connectivity index (χ2n) is 7.13. The van der Waals surface area contributed by atoms with Crippen LogP contribution in [0.3, 0.4) is 0 Å². The molecule has 0 saturated carbocycles. The number of hydrogen-bond acceptors (Lipinski definition) is 4. The molecule has 0 spiro atoms. The third kappa shape index (κ3) is 8.38. The zero-order valence-corrected chi connectivity index (χ0v) is 19.3. The van der Waals surface area contributed by atoms with E-state index in [2.05, 4.69) is 12.2 Å². The van der Waals surface area contributed by atoms with Crippen LogP contribution in [0, 0.1) is 5.82 Å². The van der Waals surface area contributed by atoms with Crippen LogP contribution in [0.15, 0.2) is 42.5 Å². The molecule has 0 atom stereocenters. The summed E-state index contributed by atoms with van der Waals surface area (Å²) in [4.78, 5) is 12.0. The molecule has 0 fully saturated rings. The summed E-state index contributed by atoms with van der Waals surface area (Å²) in [6.07, 6.45) is 3.61. The van der Waals surface area contributed by atoms with Crippen LogP contribution in [0.5, 0.6) is 5.75 Å². The summed E-state index contributed by atoms with van der Waals surface area (Å²) >= 11 is 5.76. The number of carbonyl (C=O) groups is 1. The summed E-state index contributed by atoms with van der Waals surface area (Å²) in [7, 11) is -3.60. The minimum atomic E-state index is -3.60. The second kappa shape index (κ2) is 11.9. The average Bonchev–Trinajstić information content (AvgIpc) is 2.71. The lowest BCUT2D eigenvalue weighted by Crippen LogP contribution is -2.33. The number of amides is 1. The van der Waals surface area contributed by atoms with Crippen LogP contribution in [0.25, 0.3) is 0 Å². The number of anilines is 1. The van der Waals surface area contributed by atoms with Gasteiger partial charge in [0, 0.05) is 13.0 Å². The van der Waals surface area contributed by atoms with Crippen molar-refractivity contribution in [2.45, 2.75) is 32.6 Å². The van der Waals surface area contributed by atoms with Crippen LogP contribution >= 0.6 is 11.6 Å². The van der Waals surface area contributed by atoms with Crippen LogP contribution < -0.4 is 14.4 Å². The summed E-state index contributed by atoms with van der Waals surface area (Å²) in [5.74, 6) is -0.0827. The Bertz CT molecular complexity index is 968. The first kappa shape index (κ1) is 24.9.